The van der Waals surface area contributed by atoms with Gasteiger partial charge >= 0.3 is 0 Å². The molecule has 0 radical (unpaired) electrons. The van der Waals surface area contributed by atoms with E-state index in [-0.39, 0.29) is 24.0 Å². The molecular weight excluding hydrogens is 409 g/mol. The number of benzene rings is 2. The highest BCUT2D eigenvalue weighted by Gasteiger charge is 2.45. The van der Waals surface area contributed by atoms with Gasteiger partial charge in [-0.3, -0.25) is 0 Å². The molecule has 1 N–H and O–H groups in total. The van der Waals surface area contributed by atoms with Gasteiger partial charge in [-0.1, -0.05) is 6.07 Å². The van der Waals surface area contributed by atoms with E-state index >= 15 is 0 Å². The number of sulfone groups is 2. The third-order valence-corrected chi connectivity index (χ3v) is 9.01. The van der Waals surface area contributed by atoms with Gasteiger partial charge in [0.2, 0.25) is 6.79 Å². The largest absolute Gasteiger partial charge is 0.454 e. The summed E-state index contributed by atoms with van der Waals surface area (Å²) in [5, 5.41) is 1.91. The normalized spacial score (nSPS) is 23.0. The molecule has 1 fully saturated rings. The maximum atomic E-state index is 13.1. The Morgan fingerprint density at radius 3 is 2.50 bits per heavy atom. The van der Waals surface area contributed by atoms with Gasteiger partial charge in [0.1, 0.15) is 5.82 Å². The summed E-state index contributed by atoms with van der Waals surface area (Å²) in [6.45, 7) is 0.414. The summed E-state index contributed by atoms with van der Waals surface area (Å²) in [7, 11) is -7.46. The number of nitrogens with one attached hydrogen (secondary N) is 1. The van der Waals surface area contributed by atoms with Crippen LogP contribution in [0.4, 0.5) is 4.39 Å². The topological polar surface area (TPSA) is 98.8 Å². The molecule has 4 rings (SSSR count). The maximum Gasteiger partial charge on any atom is 0.231 e. The van der Waals surface area contributed by atoms with E-state index in [9.17, 15) is 21.2 Å². The highest BCUT2D eigenvalue weighted by Crippen LogP contribution is 2.33. The van der Waals surface area contributed by atoms with Gasteiger partial charge in [0.25, 0.3) is 0 Å². The summed E-state index contributed by atoms with van der Waals surface area (Å²) in [5.74, 6) is -0.0815. The van der Waals surface area contributed by atoms with E-state index in [1.54, 1.807) is 18.2 Å². The molecule has 2 atom stereocenters. The van der Waals surface area contributed by atoms with Gasteiger partial charge in [0, 0.05) is 12.6 Å². The predicted molar refractivity (Wildman–Crippen MR) is 99.2 cm³/mol. The van der Waals surface area contributed by atoms with Gasteiger partial charge in [0.15, 0.2) is 31.2 Å². The van der Waals surface area contributed by atoms with E-state index in [1.165, 1.54) is 0 Å². The number of hydrogen-bond acceptors (Lipinski definition) is 7. The standard InChI is InChI=1S/C18H18FNO6S2/c19-13-2-4-14(5-3-13)28(23,24)18-10-27(21,22)9-15(18)20-8-12-1-6-16-17(7-12)26-11-25-16/h1-7,15,18,20H,8-11H2/t15-,18-/m0/s1. The van der Waals surface area contributed by atoms with Gasteiger partial charge in [-0.25, -0.2) is 21.2 Å². The molecule has 7 nitrogen and oxygen atoms in total. The lowest BCUT2D eigenvalue weighted by atomic mass is 10.2. The third-order valence-electron chi connectivity index (χ3n) is 4.85. The van der Waals surface area contributed by atoms with E-state index in [2.05, 4.69) is 5.32 Å². The summed E-state index contributed by atoms with van der Waals surface area (Å²) in [5.41, 5.74) is 0.812. The van der Waals surface area contributed by atoms with Gasteiger partial charge in [-0.15, -0.1) is 0 Å². The van der Waals surface area contributed by atoms with E-state index in [0.29, 0.717) is 11.5 Å². The zero-order chi connectivity index (χ0) is 19.9. The smallest absolute Gasteiger partial charge is 0.231 e. The van der Waals surface area contributed by atoms with Gasteiger partial charge in [-0.2, -0.15) is 0 Å². The van der Waals surface area contributed by atoms with Crippen LogP contribution in [0, 0.1) is 5.82 Å². The Balaban J connectivity index is 1.55. The average molecular weight is 427 g/mol. The Hall–Kier alpha value is -2.17. The fourth-order valence-corrected chi connectivity index (χ4v) is 8.13. The fourth-order valence-electron chi connectivity index (χ4n) is 3.41. The van der Waals surface area contributed by atoms with Crippen molar-refractivity contribution in [3.63, 3.8) is 0 Å². The van der Waals surface area contributed by atoms with Crippen molar-refractivity contribution in [1.29, 1.82) is 0 Å². The zero-order valence-corrected chi connectivity index (χ0v) is 16.3. The second-order valence-electron chi connectivity index (χ2n) is 6.79. The van der Waals surface area contributed by atoms with Crippen molar-refractivity contribution in [2.45, 2.75) is 22.7 Å². The minimum Gasteiger partial charge on any atom is -0.454 e. The molecule has 2 aromatic rings. The molecule has 0 amide bonds. The molecule has 0 bridgehead atoms. The summed E-state index contributed by atoms with van der Waals surface area (Å²) in [4.78, 5) is -0.0918. The third kappa shape index (κ3) is 3.71. The van der Waals surface area contributed by atoms with Crippen LogP contribution >= 0.6 is 0 Å². The Morgan fingerprint density at radius 2 is 1.75 bits per heavy atom. The van der Waals surface area contributed by atoms with Gasteiger partial charge in [-0.05, 0) is 42.0 Å². The number of hydrogen-bond donors (Lipinski definition) is 1. The molecule has 1 saturated heterocycles. The monoisotopic (exact) mass is 427 g/mol. The first-order valence-electron chi connectivity index (χ1n) is 8.56. The summed E-state index contributed by atoms with van der Waals surface area (Å²) in [6.07, 6.45) is 0. The molecular formula is C18H18FNO6S2. The van der Waals surface area contributed by atoms with Crippen LogP contribution < -0.4 is 14.8 Å². The minimum absolute atomic E-state index is 0.0918. The molecule has 10 heteroatoms. The lowest BCUT2D eigenvalue weighted by Gasteiger charge is -2.20. The number of rotatable bonds is 5. The van der Waals surface area contributed by atoms with E-state index in [1.807, 2.05) is 0 Å². The van der Waals surface area contributed by atoms with Crippen LogP contribution in [0.25, 0.3) is 0 Å². The van der Waals surface area contributed by atoms with E-state index in [4.69, 9.17) is 9.47 Å². The molecule has 2 aliphatic rings. The second kappa shape index (κ2) is 7.02. The Kier molecular flexibility index (Phi) is 4.80. The summed E-state index contributed by atoms with van der Waals surface area (Å²) < 4.78 is 73.9. The van der Waals surface area contributed by atoms with Crippen LogP contribution in [0.1, 0.15) is 5.56 Å². The highest BCUT2D eigenvalue weighted by atomic mass is 32.2. The summed E-state index contributed by atoms with van der Waals surface area (Å²) in [6, 6.07) is 8.95. The Morgan fingerprint density at radius 1 is 1.04 bits per heavy atom. The first kappa shape index (κ1) is 19.2. The Bertz CT molecular complexity index is 1100. The quantitative estimate of drug-likeness (QED) is 0.718. The van der Waals surface area contributed by atoms with Crippen LogP contribution in [0.2, 0.25) is 0 Å². The number of halogens is 1. The summed E-state index contributed by atoms with van der Waals surface area (Å²) >= 11 is 0. The van der Waals surface area contributed by atoms with Gasteiger partial charge < -0.3 is 14.8 Å². The lowest BCUT2D eigenvalue weighted by Crippen LogP contribution is -2.43. The first-order chi connectivity index (χ1) is 13.2. The SMILES string of the molecule is O=S1(=O)C[C@H](NCc2ccc3c(c2)OCO3)[C@@H](S(=O)(=O)c2ccc(F)cc2)C1. The van der Waals surface area contributed by atoms with Crippen molar-refractivity contribution in [3.05, 3.63) is 53.8 Å². The second-order valence-corrected chi connectivity index (χ2v) is 11.1. The van der Waals surface area contributed by atoms with Crippen LogP contribution in [0.3, 0.4) is 0 Å². The zero-order valence-electron chi connectivity index (χ0n) is 14.7. The molecule has 2 aliphatic heterocycles. The molecule has 0 unspecified atom stereocenters. The van der Waals surface area contributed by atoms with Crippen molar-refractivity contribution in [1.82, 2.24) is 5.32 Å². The highest BCUT2D eigenvalue weighted by molar-refractivity contribution is 7.96. The predicted octanol–water partition coefficient (Wildman–Crippen LogP) is 1.28. The molecule has 2 aromatic carbocycles. The molecule has 0 aromatic heterocycles. The van der Waals surface area contributed by atoms with E-state index in [0.717, 1.165) is 29.8 Å². The van der Waals surface area contributed by atoms with Crippen molar-refractivity contribution >= 4 is 19.7 Å². The number of fused-ring (bicyclic) bond motifs is 1. The molecule has 150 valence electrons. The lowest BCUT2D eigenvalue weighted by molar-refractivity contribution is 0.174. The Labute approximate surface area is 162 Å². The van der Waals surface area contributed by atoms with Crippen LogP contribution in [0.5, 0.6) is 11.5 Å². The number of ether oxygens (including phenoxy) is 2. The van der Waals surface area contributed by atoms with E-state index < -0.39 is 42.5 Å². The van der Waals surface area contributed by atoms with Crippen LogP contribution in [0.15, 0.2) is 47.4 Å². The molecule has 2 heterocycles. The van der Waals surface area contributed by atoms with Crippen LogP contribution in [-0.2, 0) is 26.2 Å². The van der Waals surface area contributed by atoms with Gasteiger partial charge in [0.05, 0.1) is 21.7 Å². The van der Waals surface area contributed by atoms with Crippen molar-refractivity contribution in [3.8, 4) is 11.5 Å². The maximum absolute atomic E-state index is 13.1. The van der Waals surface area contributed by atoms with Crippen LogP contribution in [-0.4, -0.2) is 46.4 Å². The molecule has 0 spiro atoms. The fraction of sp³-hybridized carbons (Fsp3) is 0.333. The minimum atomic E-state index is -3.94. The van der Waals surface area contributed by atoms with Crippen molar-refractivity contribution in [2.24, 2.45) is 0 Å². The average Bonchev–Trinajstić information content (AvgIpc) is 3.23. The van der Waals surface area contributed by atoms with Crippen molar-refractivity contribution in [2.75, 3.05) is 18.3 Å². The first-order valence-corrected chi connectivity index (χ1v) is 11.9. The van der Waals surface area contributed by atoms with Crippen molar-refractivity contribution < 1.29 is 30.7 Å². The molecule has 0 aliphatic carbocycles. The molecule has 0 saturated carbocycles. The molecule has 28 heavy (non-hydrogen) atoms.